The highest BCUT2D eigenvalue weighted by atomic mass is 16.3. The maximum atomic E-state index is 9.92. The van der Waals surface area contributed by atoms with E-state index < -0.39 is 5.60 Å². The number of hydrogen-bond donors (Lipinski definition) is 1. The van der Waals surface area contributed by atoms with Crippen LogP contribution in [0.2, 0.25) is 0 Å². The molecule has 2 nitrogen and oxygen atoms in total. The molecule has 0 spiro atoms. The molecule has 0 unspecified atom stereocenters. The van der Waals surface area contributed by atoms with Crippen LogP contribution in [0.5, 0.6) is 0 Å². The molecule has 0 saturated heterocycles. The molecule has 1 aliphatic heterocycles. The molecule has 1 saturated carbocycles. The Kier molecular flexibility index (Phi) is 3.30. The number of rotatable bonds is 4. The molecule has 1 aromatic rings. The van der Waals surface area contributed by atoms with E-state index in [-0.39, 0.29) is 0 Å². The summed E-state index contributed by atoms with van der Waals surface area (Å²) in [4.78, 5) is 2.56. The molecule has 1 aromatic carbocycles. The molecule has 0 atom stereocenters. The van der Waals surface area contributed by atoms with Gasteiger partial charge in [-0.05, 0) is 56.2 Å². The summed E-state index contributed by atoms with van der Waals surface area (Å²) in [5.74, 6) is 0.932. The Morgan fingerprint density at radius 2 is 2.11 bits per heavy atom. The topological polar surface area (TPSA) is 23.5 Å². The van der Waals surface area contributed by atoms with Crippen LogP contribution in [0.3, 0.4) is 0 Å². The molecule has 1 aliphatic carbocycles. The smallest absolute Gasteiger partial charge is 0.0631 e. The number of nitrogens with zero attached hydrogens (tertiary/aromatic N) is 1. The molecule has 0 amide bonds. The quantitative estimate of drug-likeness (QED) is 0.898. The van der Waals surface area contributed by atoms with Crippen LogP contribution < -0.4 is 4.90 Å². The number of anilines is 1. The van der Waals surface area contributed by atoms with Gasteiger partial charge in [0, 0.05) is 25.2 Å². The van der Waals surface area contributed by atoms with Crippen molar-refractivity contribution in [1.82, 2.24) is 0 Å². The van der Waals surface area contributed by atoms with E-state index in [0.717, 1.165) is 12.3 Å². The monoisotopic (exact) mass is 259 g/mol. The Hall–Kier alpha value is -1.02. The van der Waals surface area contributed by atoms with E-state index in [1.54, 1.807) is 0 Å². The zero-order valence-electron chi connectivity index (χ0n) is 12.2. The van der Waals surface area contributed by atoms with Gasteiger partial charge in [0.15, 0.2) is 0 Å². The van der Waals surface area contributed by atoms with Crippen molar-refractivity contribution in [2.24, 2.45) is 5.92 Å². The Balaban J connectivity index is 1.72. The summed E-state index contributed by atoms with van der Waals surface area (Å²) in [5, 5.41) is 9.92. The molecule has 0 bridgehead atoms. The zero-order valence-corrected chi connectivity index (χ0v) is 12.2. The lowest BCUT2D eigenvalue weighted by atomic mass is 9.85. The molecule has 1 fully saturated rings. The van der Waals surface area contributed by atoms with Gasteiger partial charge in [-0.2, -0.15) is 0 Å². The van der Waals surface area contributed by atoms with Crippen molar-refractivity contribution in [3.8, 4) is 0 Å². The first-order valence-electron chi connectivity index (χ1n) is 7.60. The third-order valence-electron chi connectivity index (χ3n) is 4.48. The van der Waals surface area contributed by atoms with Crippen LogP contribution in [-0.2, 0) is 12.8 Å². The van der Waals surface area contributed by atoms with Crippen molar-refractivity contribution >= 4 is 5.69 Å². The second-order valence-corrected chi connectivity index (χ2v) is 6.95. The van der Waals surface area contributed by atoms with Gasteiger partial charge in [-0.3, -0.25) is 0 Å². The maximum Gasteiger partial charge on any atom is 0.0631 e. The second kappa shape index (κ2) is 4.82. The third-order valence-corrected chi connectivity index (χ3v) is 4.48. The molecule has 104 valence electrons. The van der Waals surface area contributed by atoms with Crippen LogP contribution in [-0.4, -0.2) is 23.8 Å². The highest BCUT2D eigenvalue weighted by molar-refractivity contribution is 5.59. The van der Waals surface area contributed by atoms with Crippen LogP contribution in [0.1, 0.15) is 44.2 Å². The summed E-state index contributed by atoms with van der Waals surface area (Å²) in [7, 11) is 0. The van der Waals surface area contributed by atoms with Gasteiger partial charge in [0.1, 0.15) is 0 Å². The molecule has 2 heteroatoms. The Labute approximate surface area is 116 Å². The predicted octanol–water partition coefficient (Wildman–Crippen LogP) is 3.16. The maximum absolute atomic E-state index is 9.92. The fourth-order valence-electron chi connectivity index (χ4n) is 3.31. The van der Waals surface area contributed by atoms with Crippen molar-refractivity contribution in [1.29, 1.82) is 0 Å². The van der Waals surface area contributed by atoms with Gasteiger partial charge in [0.05, 0.1) is 5.60 Å². The number of benzene rings is 1. The van der Waals surface area contributed by atoms with Crippen LogP contribution in [0.4, 0.5) is 5.69 Å². The van der Waals surface area contributed by atoms with Crippen LogP contribution in [0, 0.1) is 5.92 Å². The minimum absolute atomic E-state index is 0.613. The molecule has 1 N–H and O–H groups in total. The molecule has 0 radical (unpaired) electrons. The molecule has 19 heavy (non-hydrogen) atoms. The fraction of sp³-hybridized carbons (Fsp3) is 0.647. The zero-order chi connectivity index (χ0) is 13.5. The van der Waals surface area contributed by atoms with Gasteiger partial charge >= 0.3 is 0 Å². The minimum atomic E-state index is -0.613. The summed E-state index contributed by atoms with van der Waals surface area (Å²) < 4.78 is 0. The fourth-order valence-corrected chi connectivity index (χ4v) is 3.31. The van der Waals surface area contributed by atoms with Crippen molar-refractivity contribution in [2.75, 3.05) is 18.0 Å². The molecular weight excluding hydrogens is 234 g/mol. The second-order valence-electron chi connectivity index (χ2n) is 6.95. The SMILES string of the molecule is CC(C)(O)Cc1ccc2c(c1)CCN2CC1CCC1. The Morgan fingerprint density at radius 1 is 1.32 bits per heavy atom. The Bertz CT molecular complexity index is 457. The van der Waals surface area contributed by atoms with E-state index in [9.17, 15) is 5.11 Å². The lowest BCUT2D eigenvalue weighted by Crippen LogP contribution is -2.31. The molecule has 1 heterocycles. The number of hydrogen-bond acceptors (Lipinski definition) is 2. The van der Waals surface area contributed by atoms with Crippen molar-refractivity contribution < 1.29 is 5.11 Å². The lowest BCUT2D eigenvalue weighted by Gasteiger charge is -2.31. The number of aliphatic hydroxyl groups is 1. The highest BCUT2D eigenvalue weighted by Crippen LogP contribution is 2.34. The summed E-state index contributed by atoms with van der Waals surface area (Å²) in [6, 6.07) is 6.76. The van der Waals surface area contributed by atoms with E-state index >= 15 is 0 Å². The largest absolute Gasteiger partial charge is 0.390 e. The van der Waals surface area contributed by atoms with Crippen LogP contribution in [0.15, 0.2) is 18.2 Å². The first-order valence-corrected chi connectivity index (χ1v) is 7.60. The first-order chi connectivity index (χ1) is 9.01. The first kappa shape index (κ1) is 13.0. The third kappa shape index (κ3) is 2.94. The van der Waals surface area contributed by atoms with Crippen molar-refractivity contribution in [3.05, 3.63) is 29.3 Å². The van der Waals surface area contributed by atoms with E-state index in [4.69, 9.17) is 0 Å². The minimum Gasteiger partial charge on any atom is -0.390 e. The molecule has 0 aromatic heterocycles. The summed E-state index contributed by atoms with van der Waals surface area (Å²) in [5.41, 5.74) is 3.56. The van der Waals surface area contributed by atoms with Crippen LogP contribution in [0.25, 0.3) is 0 Å². The Morgan fingerprint density at radius 3 is 2.74 bits per heavy atom. The van der Waals surface area contributed by atoms with Crippen LogP contribution >= 0.6 is 0 Å². The van der Waals surface area contributed by atoms with Gasteiger partial charge in [0.2, 0.25) is 0 Å². The average Bonchev–Trinajstić information content (AvgIpc) is 2.63. The highest BCUT2D eigenvalue weighted by Gasteiger charge is 2.25. The molecular formula is C17H25NO. The van der Waals surface area contributed by atoms with E-state index in [2.05, 4.69) is 23.1 Å². The van der Waals surface area contributed by atoms with Gasteiger partial charge in [-0.1, -0.05) is 18.6 Å². The van der Waals surface area contributed by atoms with Crippen molar-refractivity contribution in [3.63, 3.8) is 0 Å². The predicted molar refractivity (Wildman–Crippen MR) is 79.7 cm³/mol. The standard InChI is InChI=1S/C17H25NO/c1-17(2,19)11-14-6-7-16-15(10-14)8-9-18(16)12-13-4-3-5-13/h6-7,10,13,19H,3-5,8-9,11-12H2,1-2H3. The normalized spacial score (nSPS) is 19.4. The summed E-state index contributed by atoms with van der Waals surface area (Å²) >= 11 is 0. The van der Waals surface area contributed by atoms with Gasteiger partial charge in [-0.15, -0.1) is 0 Å². The molecule has 2 aliphatic rings. The average molecular weight is 259 g/mol. The lowest BCUT2D eigenvalue weighted by molar-refractivity contribution is 0.0810. The van der Waals surface area contributed by atoms with Gasteiger partial charge < -0.3 is 10.0 Å². The molecule has 3 rings (SSSR count). The van der Waals surface area contributed by atoms with Crippen molar-refractivity contribution in [2.45, 2.75) is 51.6 Å². The van der Waals surface area contributed by atoms with E-state index in [1.807, 2.05) is 13.8 Å². The van der Waals surface area contributed by atoms with Gasteiger partial charge in [0.25, 0.3) is 0 Å². The van der Waals surface area contributed by atoms with E-state index in [1.165, 1.54) is 55.6 Å². The summed E-state index contributed by atoms with van der Waals surface area (Å²) in [6.45, 7) is 6.18. The summed E-state index contributed by atoms with van der Waals surface area (Å²) in [6.07, 6.45) is 6.17. The number of fused-ring (bicyclic) bond motifs is 1. The van der Waals surface area contributed by atoms with E-state index in [0.29, 0.717) is 0 Å². The van der Waals surface area contributed by atoms with Gasteiger partial charge in [-0.25, -0.2) is 0 Å².